The first-order chi connectivity index (χ1) is 6.12. The molecule has 1 atom stereocenters. The zero-order valence-corrected chi connectivity index (χ0v) is 10.7. The molecule has 1 aliphatic carbocycles. The van der Waals surface area contributed by atoms with Gasteiger partial charge in [0.15, 0.2) is 0 Å². The fourth-order valence-corrected chi connectivity index (χ4v) is 2.07. The zero-order chi connectivity index (χ0) is 11.1. The Morgan fingerprint density at radius 1 is 0.929 bits per heavy atom. The second kappa shape index (κ2) is 3.25. The molecule has 0 fully saturated rings. The van der Waals surface area contributed by atoms with Gasteiger partial charge < -0.3 is 0 Å². The van der Waals surface area contributed by atoms with Crippen LogP contribution in [-0.2, 0) is 0 Å². The van der Waals surface area contributed by atoms with E-state index in [4.69, 9.17) is 0 Å². The van der Waals surface area contributed by atoms with Crippen LogP contribution in [0.15, 0.2) is 23.3 Å². The Labute approximate surface area is 89.1 Å². The van der Waals surface area contributed by atoms with Gasteiger partial charge in [0, 0.05) is 0 Å². The molecule has 0 bridgehead atoms. The number of hydrogen-bond donors (Lipinski definition) is 0. The molecule has 1 rings (SSSR count). The third-order valence-corrected chi connectivity index (χ3v) is 2.96. The average Bonchev–Trinajstić information content (AvgIpc) is 2.27. The summed E-state index contributed by atoms with van der Waals surface area (Å²) in [6.45, 7) is 16.1. The van der Waals surface area contributed by atoms with Crippen molar-refractivity contribution in [3.8, 4) is 0 Å². The molecule has 0 heteroatoms. The first kappa shape index (κ1) is 11.6. The SMILES string of the molecule is CC1C=C(C(C)(C)C)C=C1C(C)(C)C. The molecular formula is C14H24. The van der Waals surface area contributed by atoms with E-state index in [1.165, 1.54) is 5.57 Å². The van der Waals surface area contributed by atoms with Gasteiger partial charge in [-0.25, -0.2) is 0 Å². The summed E-state index contributed by atoms with van der Waals surface area (Å²) in [7, 11) is 0. The van der Waals surface area contributed by atoms with E-state index >= 15 is 0 Å². The summed E-state index contributed by atoms with van der Waals surface area (Å²) in [5.74, 6) is 0.615. The molecule has 0 heterocycles. The lowest BCUT2D eigenvalue weighted by Crippen LogP contribution is -2.12. The molecule has 0 radical (unpaired) electrons. The summed E-state index contributed by atoms with van der Waals surface area (Å²) in [5.41, 5.74) is 3.67. The van der Waals surface area contributed by atoms with Gasteiger partial charge in [0.25, 0.3) is 0 Å². The summed E-state index contributed by atoms with van der Waals surface area (Å²) in [6.07, 6.45) is 4.82. The Balaban J connectivity index is 2.99. The third kappa shape index (κ3) is 2.29. The first-order valence-corrected chi connectivity index (χ1v) is 5.57. The predicted octanol–water partition coefficient (Wildman–Crippen LogP) is 4.58. The van der Waals surface area contributed by atoms with E-state index in [1.54, 1.807) is 5.57 Å². The Bertz CT molecular complexity index is 276. The molecule has 0 aromatic heterocycles. The monoisotopic (exact) mass is 192 g/mol. The topological polar surface area (TPSA) is 0 Å². The maximum absolute atomic E-state index is 2.42. The highest BCUT2D eigenvalue weighted by atomic mass is 14.3. The smallest absolute Gasteiger partial charge is 0.00372 e. The first-order valence-electron chi connectivity index (χ1n) is 5.57. The van der Waals surface area contributed by atoms with Crippen molar-refractivity contribution in [2.24, 2.45) is 16.7 Å². The summed E-state index contributed by atoms with van der Waals surface area (Å²) in [5, 5.41) is 0. The lowest BCUT2D eigenvalue weighted by atomic mass is 9.81. The van der Waals surface area contributed by atoms with Crippen molar-refractivity contribution >= 4 is 0 Å². The lowest BCUT2D eigenvalue weighted by molar-refractivity contribution is 0.466. The normalized spacial score (nSPS) is 23.5. The van der Waals surface area contributed by atoms with Crippen LogP contribution in [0.4, 0.5) is 0 Å². The van der Waals surface area contributed by atoms with Gasteiger partial charge in [-0.15, -0.1) is 0 Å². The quantitative estimate of drug-likeness (QED) is 0.527. The minimum absolute atomic E-state index is 0.293. The molecular weight excluding hydrogens is 168 g/mol. The van der Waals surface area contributed by atoms with Crippen LogP contribution in [-0.4, -0.2) is 0 Å². The Kier molecular flexibility index (Phi) is 2.69. The Morgan fingerprint density at radius 3 is 1.64 bits per heavy atom. The van der Waals surface area contributed by atoms with Crippen molar-refractivity contribution in [3.63, 3.8) is 0 Å². The lowest BCUT2D eigenvalue weighted by Gasteiger charge is -2.24. The van der Waals surface area contributed by atoms with Gasteiger partial charge in [-0.2, -0.15) is 0 Å². The molecule has 0 spiro atoms. The van der Waals surface area contributed by atoms with Crippen LogP contribution in [0.1, 0.15) is 48.5 Å². The zero-order valence-electron chi connectivity index (χ0n) is 10.7. The highest BCUT2D eigenvalue weighted by Gasteiger charge is 2.28. The fraction of sp³-hybridized carbons (Fsp3) is 0.714. The fourth-order valence-electron chi connectivity index (χ4n) is 2.07. The van der Waals surface area contributed by atoms with Crippen LogP contribution in [0.3, 0.4) is 0 Å². The molecule has 1 unspecified atom stereocenters. The van der Waals surface area contributed by atoms with Gasteiger partial charge in [-0.05, 0) is 22.3 Å². The highest BCUT2D eigenvalue weighted by molar-refractivity contribution is 5.40. The molecule has 0 amide bonds. The number of allylic oxidation sites excluding steroid dienone is 4. The number of rotatable bonds is 0. The summed E-state index contributed by atoms with van der Waals surface area (Å²) in [6, 6.07) is 0. The van der Waals surface area contributed by atoms with E-state index in [0.29, 0.717) is 16.7 Å². The van der Waals surface area contributed by atoms with E-state index in [-0.39, 0.29) is 0 Å². The Hall–Kier alpha value is -0.520. The maximum atomic E-state index is 2.42. The van der Waals surface area contributed by atoms with Crippen LogP contribution in [0.25, 0.3) is 0 Å². The van der Waals surface area contributed by atoms with Gasteiger partial charge in [-0.1, -0.05) is 66.2 Å². The van der Waals surface area contributed by atoms with E-state index in [2.05, 4.69) is 60.6 Å². The largest absolute Gasteiger partial charge is 0.0738 e. The minimum atomic E-state index is 0.293. The van der Waals surface area contributed by atoms with Crippen LogP contribution < -0.4 is 0 Å². The van der Waals surface area contributed by atoms with Crippen LogP contribution in [0, 0.1) is 16.7 Å². The molecule has 0 N–H and O–H groups in total. The van der Waals surface area contributed by atoms with E-state index in [1.807, 2.05) is 0 Å². The van der Waals surface area contributed by atoms with Crippen LogP contribution in [0.5, 0.6) is 0 Å². The van der Waals surface area contributed by atoms with Gasteiger partial charge in [0.2, 0.25) is 0 Å². The highest BCUT2D eigenvalue weighted by Crippen LogP contribution is 2.42. The molecule has 0 saturated heterocycles. The molecule has 0 aromatic rings. The molecule has 0 saturated carbocycles. The molecule has 0 nitrogen and oxygen atoms in total. The van der Waals surface area contributed by atoms with Gasteiger partial charge in [0.05, 0.1) is 0 Å². The number of hydrogen-bond acceptors (Lipinski definition) is 0. The average molecular weight is 192 g/mol. The van der Waals surface area contributed by atoms with Gasteiger partial charge in [0.1, 0.15) is 0 Å². The molecule has 0 aliphatic heterocycles. The van der Waals surface area contributed by atoms with Gasteiger partial charge >= 0.3 is 0 Å². The molecule has 0 aromatic carbocycles. The standard InChI is InChI=1S/C14H24/c1-10-8-11(13(2,3)4)9-12(10)14(5,6)7/h8-10H,1-7H3. The Morgan fingerprint density at radius 2 is 1.43 bits per heavy atom. The maximum Gasteiger partial charge on any atom is -0.00372 e. The third-order valence-electron chi connectivity index (χ3n) is 2.96. The van der Waals surface area contributed by atoms with Crippen molar-refractivity contribution < 1.29 is 0 Å². The van der Waals surface area contributed by atoms with E-state index < -0.39 is 0 Å². The second-order valence-corrected chi connectivity index (χ2v) is 6.51. The predicted molar refractivity (Wildman–Crippen MR) is 64.2 cm³/mol. The van der Waals surface area contributed by atoms with Crippen molar-refractivity contribution in [2.45, 2.75) is 48.5 Å². The second-order valence-electron chi connectivity index (χ2n) is 6.51. The summed E-state index contributed by atoms with van der Waals surface area (Å²) >= 11 is 0. The molecule has 14 heavy (non-hydrogen) atoms. The molecule has 1 aliphatic rings. The van der Waals surface area contributed by atoms with Crippen LogP contribution in [0.2, 0.25) is 0 Å². The van der Waals surface area contributed by atoms with Crippen molar-refractivity contribution in [1.29, 1.82) is 0 Å². The van der Waals surface area contributed by atoms with Crippen molar-refractivity contribution in [1.82, 2.24) is 0 Å². The summed E-state index contributed by atoms with van der Waals surface area (Å²) in [4.78, 5) is 0. The van der Waals surface area contributed by atoms with Crippen molar-refractivity contribution in [2.75, 3.05) is 0 Å². The molecule has 80 valence electrons. The minimum Gasteiger partial charge on any atom is -0.0738 e. The van der Waals surface area contributed by atoms with E-state index in [9.17, 15) is 0 Å². The van der Waals surface area contributed by atoms with Crippen molar-refractivity contribution in [3.05, 3.63) is 23.3 Å². The van der Waals surface area contributed by atoms with Gasteiger partial charge in [-0.3, -0.25) is 0 Å². The van der Waals surface area contributed by atoms with Crippen LogP contribution >= 0.6 is 0 Å². The van der Waals surface area contributed by atoms with E-state index in [0.717, 1.165) is 0 Å². The summed E-state index contributed by atoms with van der Waals surface area (Å²) < 4.78 is 0.